The van der Waals surface area contributed by atoms with Gasteiger partial charge < -0.3 is 15.7 Å². The van der Waals surface area contributed by atoms with Gasteiger partial charge in [-0.3, -0.25) is 10.1 Å². The molecule has 0 fully saturated rings. The summed E-state index contributed by atoms with van der Waals surface area (Å²) in [6.45, 7) is 3.95. The second-order valence-electron chi connectivity index (χ2n) is 4.43. The largest absolute Gasteiger partial charge is 0.396 e. The Morgan fingerprint density at radius 2 is 2.05 bits per heavy atom. The van der Waals surface area contributed by atoms with Crippen LogP contribution in [-0.4, -0.2) is 39.7 Å². The van der Waals surface area contributed by atoms with Crippen molar-refractivity contribution in [2.24, 2.45) is 5.92 Å². The van der Waals surface area contributed by atoms with Crippen molar-refractivity contribution in [2.45, 2.75) is 26.3 Å². The van der Waals surface area contributed by atoms with Crippen molar-refractivity contribution >= 4 is 17.3 Å². The number of nitrogens with one attached hydrogen (secondary N) is 2. The number of nitrogens with zero attached hydrogens (tertiary/aromatic N) is 3. The Labute approximate surface area is 111 Å². The zero-order valence-electron chi connectivity index (χ0n) is 11.3. The third-order valence-electron chi connectivity index (χ3n) is 2.81. The van der Waals surface area contributed by atoms with Crippen LogP contribution in [0, 0.1) is 16.0 Å². The van der Waals surface area contributed by atoms with Gasteiger partial charge in [0.2, 0.25) is 11.6 Å². The number of rotatable bonds is 7. The quantitative estimate of drug-likeness (QED) is 0.504. The molecule has 0 amide bonds. The zero-order chi connectivity index (χ0) is 14.4. The fourth-order valence-electron chi connectivity index (χ4n) is 1.73. The molecule has 1 heterocycles. The van der Waals surface area contributed by atoms with Crippen LogP contribution in [-0.2, 0) is 0 Å². The smallest absolute Gasteiger partial charge is 0.353 e. The molecule has 0 aliphatic heterocycles. The van der Waals surface area contributed by atoms with Gasteiger partial charge in [0.05, 0.1) is 4.92 Å². The Morgan fingerprint density at radius 1 is 1.42 bits per heavy atom. The molecule has 1 rings (SSSR count). The SMILES string of the molecule is CNc1ncnc(NC(CCO)C(C)C)c1[N+](=O)[O-]. The fraction of sp³-hybridized carbons (Fsp3) is 0.636. The molecule has 3 N–H and O–H groups in total. The van der Waals surface area contributed by atoms with Crippen LogP contribution in [0.15, 0.2) is 6.33 Å². The van der Waals surface area contributed by atoms with E-state index in [1.807, 2.05) is 13.8 Å². The highest BCUT2D eigenvalue weighted by atomic mass is 16.6. The predicted molar refractivity (Wildman–Crippen MR) is 72.2 cm³/mol. The highest BCUT2D eigenvalue weighted by molar-refractivity contribution is 5.69. The first-order chi connectivity index (χ1) is 9.01. The van der Waals surface area contributed by atoms with Crippen molar-refractivity contribution in [2.75, 3.05) is 24.3 Å². The number of aromatic nitrogens is 2. The van der Waals surface area contributed by atoms with Crippen LogP contribution in [0.3, 0.4) is 0 Å². The van der Waals surface area contributed by atoms with Crippen LogP contribution in [0.4, 0.5) is 17.3 Å². The summed E-state index contributed by atoms with van der Waals surface area (Å²) in [7, 11) is 1.56. The lowest BCUT2D eigenvalue weighted by molar-refractivity contribution is -0.383. The lowest BCUT2D eigenvalue weighted by Gasteiger charge is -2.22. The van der Waals surface area contributed by atoms with E-state index in [2.05, 4.69) is 20.6 Å². The highest BCUT2D eigenvalue weighted by Gasteiger charge is 2.24. The van der Waals surface area contributed by atoms with Crippen molar-refractivity contribution in [1.29, 1.82) is 0 Å². The van der Waals surface area contributed by atoms with E-state index in [0.29, 0.717) is 6.42 Å². The highest BCUT2D eigenvalue weighted by Crippen LogP contribution is 2.29. The van der Waals surface area contributed by atoms with Gasteiger partial charge >= 0.3 is 5.69 Å². The summed E-state index contributed by atoms with van der Waals surface area (Å²) >= 11 is 0. The van der Waals surface area contributed by atoms with E-state index in [-0.39, 0.29) is 35.9 Å². The molecule has 0 saturated carbocycles. The Kier molecular flexibility index (Phi) is 5.43. The van der Waals surface area contributed by atoms with Gasteiger partial charge in [-0.15, -0.1) is 0 Å². The summed E-state index contributed by atoms with van der Waals surface area (Å²) < 4.78 is 0. The molecule has 1 unspecified atom stereocenters. The normalized spacial score (nSPS) is 12.3. The van der Waals surface area contributed by atoms with Gasteiger partial charge in [-0.05, 0) is 12.3 Å². The standard InChI is InChI=1S/C11H19N5O3/c1-7(2)8(4-5-17)15-11-9(16(18)19)10(12-3)13-6-14-11/h6-8,17H,4-5H2,1-3H3,(H2,12,13,14,15). The fourth-order valence-corrected chi connectivity index (χ4v) is 1.73. The third kappa shape index (κ3) is 3.75. The minimum absolute atomic E-state index is 0.00755. The van der Waals surface area contributed by atoms with Crippen LogP contribution >= 0.6 is 0 Å². The van der Waals surface area contributed by atoms with Gasteiger partial charge in [-0.1, -0.05) is 13.8 Å². The molecule has 106 valence electrons. The van der Waals surface area contributed by atoms with Gasteiger partial charge in [0.25, 0.3) is 0 Å². The first kappa shape index (κ1) is 15.1. The van der Waals surface area contributed by atoms with Crippen molar-refractivity contribution in [3.63, 3.8) is 0 Å². The Morgan fingerprint density at radius 3 is 2.53 bits per heavy atom. The number of nitro groups is 1. The molecule has 19 heavy (non-hydrogen) atoms. The average molecular weight is 269 g/mol. The van der Waals surface area contributed by atoms with Crippen LogP contribution in [0.25, 0.3) is 0 Å². The molecule has 1 aromatic heterocycles. The maximum Gasteiger partial charge on any atom is 0.353 e. The molecule has 0 spiro atoms. The molecule has 0 aliphatic carbocycles. The van der Waals surface area contributed by atoms with Crippen LogP contribution in [0.5, 0.6) is 0 Å². The number of aliphatic hydroxyl groups excluding tert-OH is 1. The topological polar surface area (TPSA) is 113 Å². The number of hydrogen-bond acceptors (Lipinski definition) is 7. The molecule has 0 saturated heterocycles. The van der Waals surface area contributed by atoms with Crippen molar-refractivity contribution < 1.29 is 10.0 Å². The van der Waals surface area contributed by atoms with E-state index in [1.54, 1.807) is 7.05 Å². The van der Waals surface area contributed by atoms with Crippen molar-refractivity contribution in [3.8, 4) is 0 Å². The number of aliphatic hydroxyl groups is 1. The first-order valence-electron chi connectivity index (χ1n) is 6.05. The second kappa shape index (κ2) is 6.83. The van der Waals surface area contributed by atoms with Crippen LogP contribution < -0.4 is 10.6 Å². The van der Waals surface area contributed by atoms with Crippen LogP contribution in [0.1, 0.15) is 20.3 Å². The van der Waals surface area contributed by atoms with E-state index in [9.17, 15) is 10.1 Å². The van der Waals surface area contributed by atoms with Crippen molar-refractivity contribution in [3.05, 3.63) is 16.4 Å². The third-order valence-corrected chi connectivity index (χ3v) is 2.81. The van der Waals surface area contributed by atoms with E-state index in [0.717, 1.165) is 0 Å². The molecule has 1 atom stereocenters. The zero-order valence-corrected chi connectivity index (χ0v) is 11.3. The molecule has 0 bridgehead atoms. The van der Waals surface area contributed by atoms with E-state index in [1.165, 1.54) is 6.33 Å². The summed E-state index contributed by atoms with van der Waals surface area (Å²) in [5, 5.41) is 25.8. The van der Waals surface area contributed by atoms with E-state index < -0.39 is 4.92 Å². The second-order valence-corrected chi connectivity index (χ2v) is 4.43. The Hall–Kier alpha value is -1.96. The number of hydrogen-bond donors (Lipinski definition) is 3. The van der Waals surface area contributed by atoms with E-state index >= 15 is 0 Å². The molecule has 0 radical (unpaired) electrons. The van der Waals surface area contributed by atoms with Gasteiger partial charge in [0, 0.05) is 19.7 Å². The van der Waals surface area contributed by atoms with Gasteiger partial charge in [0.1, 0.15) is 6.33 Å². The predicted octanol–water partition coefficient (Wildman–Crippen LogP) is 1.25. The average Bonchev–Trinajstić information content (AvgIpc) is 2.37. The Balaban J connectivity index is 3.08. The first-order valence-corrected chi connectivity index (χ1v) is 6.05. The molecule has 8 heteroatoms. The van der Waals surface area contributed by atoms with Gasteiger partial charge in [-0.25, -0.2) is 9.97 Å². The molecule has 0 aliphatic rings. The minimum Gasteiger partial charge on any atom is -0.396 e. The van der Waals surface area contributed by atoms with E-state index in [4.69, 9.17) is 5.11 Å². The Bertz CT molecular complexity index is 438. The van der Waals surface area contributed by atoms with Gasteiger partial charge in [-0.2, -0.15) is 0 Å². The van der Waals surface area contributed by atoms with Crippen molar-refractivity contribution in [1.82, 2.24) is 9.97 Å². The molecule has 0 aromatic carbocycles. The minimum atomic E-state index is -0.523. The van der Waals surface area contributed by atoms with Gasteiger partial charge in [0.15, 0.2) is 0 Å². The summed E-state index contributed by atoms with van der Waals surface area (Å²) in [5.41, 5.74) is -0.186. The summed E-state index contributed by atoms with van der Waals surface area (Å²) in [6.07, 6.45) is 1.76. The van der Waals surface area contributed by atoms with Crippen LogP contribution in [0.2, 0.25) is 0 Å². The molecule has 1 aromatic rings. The monoisotopic (exact) mass is 269 g/mol. The summed E-state index contributed by atoms with van der Waals surface area (Å²) in [4.78, 5) is 18.3. The lowest BCUT2D eigenvalue weighted by Crippen LogP contribution is -2.28. The molecule has 8 nitrogen and oxygen atoms in total. The summed E-state index contributed by atoms with van der Waals surface area (Å²) in [6, 6.07) is -0.0942. The molecular formula is C11H19N5O3. The number of anilines is 2. The maximum absolute atomic E-state index is 11.1. The molecular weight excluding hydrogens is 250 g/mol. The maximum atomic E-state index is 11.1. The summed E-state index contributed by atoms with van der Waals surface area (Å²) in [5.74, 6) is 0.533. The lowest BCUT2D eigenvalue weighted by atomic mass is 10.0.